The number of unbranched alkanes of at least 4 members (excludes halogenated alkanes) is 1. The minimum Gasteiger partial charge on any atom is -0.336 e. The van der Waals surface area contributed by atoms with E-state index in [-0.39, 0.29) is 5.91 Å². The van der Waals surface area contributed by atoms with Gasteiger partial charge >= 0.3 is 0 Å². The molecule has 0 saturated carbocycles. The van der Waals surface area contributed by atoms with Crippen molar-refractivity contribution in [2.75, 3.05) is 24.7 Å². The third kappa shape index (κ3) is 2.27. The van der Waals surface area contributed by atoms with Gasteiger partial charge in [-0.2, -0.15) is 0 Å². The lowest BCUT2D eigenvalue weighted by Crippen LogP contribution is -2.41. The van der Waals surface area contributed by atoms with E-state index in [2.05, 4.69) is 26.0 Å². The van der Waals surface area contributed by atoms with Gasteiger partial charge in [-0.25, -0.2) is 0 Å². The summed E-state index contributed by atoms with van der Waals surface area (Å²) in [5.74, 6) is -1.24. The number of anilines is 1. The number of ether oxygens (including phenoxy) is 2. The van der Waals surface area contributed by atoms with Gasteiger partial charge in [0.15, 0.2) is 0 Å². The third-order valence-corrected chi connectivity index (χ3v) is 4.19. The Balaban J connectivity index is 2.01. The van der Waals surface area contributed by atoms with Gasteiger partial charge in [0.25, 0.3) is 11.7 Å². The quantitative estimate of drug-likeness (QED) is 0.836. The Labute approximate surface area is 126 Å². The second kappa shape index (κ2) is 5.78. The van der Waals surface area contributed by atoms with Crippen molar-refractivity contribution in [1.82, 2.24) is 0 Å². The summed E-state index contributed by atoms with van der Waals surface area (Å²) in [5.41, 5.74) is 3.09. The molecule has 2 aliphatic heterocycles. The largest absolute Gasteiger partial charge is 0.336 e. The van der Waals surface area contributed by atoms with Crippen LogP contribution in [0.1, 0.15) is 44.2 Å². The van der Waals surface area contributed by atoms with Crippen molar-refractivity contribution in [1.29, 1.82) is 0 Å². The molecule has 1 amide bonds. The van der Waals surface area contributed by atoms with E-state index in [1.165, 1.54) is 5.56 Å². The van der Waals surface area contributed by atoms with Crippen molar-refractivity contribution >= 4 is 11.6 Å². The van der Waals surface area contributed by atoms with Crippen molar-refractivity contribution in [2.45, 2.75) is 45.3 Å². The van der Waals surface area contributed by atoms with Gasteiger partial charge in [0.05, 0.1) is 18.9 Å². The van der Waals surface area contributed by atoms with Crippen molar-refractivity contribution in [2.24, 2.45) is 0 Å². The SMILES string of the molecule is CCCCc1ccc2c(c1)C1(OCCO1)C(=O)N2CCC. The zero-order valence-corrected chi connectivity index (χ0v) is 12.9. The second-order valence-corrected chi connectivity index (χ2v) is 5.73. The highest BCUT2D eigenvalue weighted by atomic mass is 16.7. The van der Waals surface area contributed by atoms with Crippen molar-refractivity contribution < 1.29 is 14.3 Å². The second-order valence-electron chi connectivity index (χ2n) is 5.73. The van der Waals surface area contributed by atoms with E-state index >= 15 is 0 Å². The van der Waals surface area contributed by atoms with Crippen LogP contribution < -0.4 is 4.90 Å². The maximum Gasteiger partial charge on any atom is 0.292 e. The van der Waals surface area contributed by atoms with Crippen LogP contribution in [0.4, 0.5) is 5.69 Å². The number of nitrogens with zero attached hydrogens (tertiary/aromatic N) is 1. The highest BCUT2D eigenvalue weighted by molar-refractivity contribution is 6.06. The molecular weight excluding hydrogens is 266 g/mol. The normalized spacial score (nSPS) is 19.5. The van der Waals surface area contributed by atoms with Gasteiger partial charge in [0, 0.05) is 12.1 Å². The van der Waals surface area contributed by atoms with Gasteiger partial charge in [-0.3, -0.25) is 4.79 Å². The van der Waals surface area contributed by atoms with E-state index in [0.717, 1.165) is 36.9 Å². The summed E-state index contributed by atoms with van der Waals surface area (Å²) in [6, 6.07) is 6.27. The number of carbonyl (C=O) groups is 1. The molecule has 2 heterocycles. The number of benzene rings is 1. The Morgan fingerprint density at radius 3 is 2.62 bits per heavy atom. The molecule has 21 heavy (non-hydrogen) atoms. The standard InChI is InChI=1S/C17H23NO3/c1-3-5-6-13-7-8-15-14(12-13)17(20-10-11-21-17)16(19)18(15)9-4-2/h7-8,12H,3-6,9-11H2,1-2H3. The van der Waals surface area contributed by atoms with Crippen LogP contribution in [0.15, 0.2) is 18.2 Å². The van der Waals surface area contributed by atoms with E-state index < -0.39 is 5.79 Å². The molecule has 0 atom stereocenters. The van der Waals surface area contributed by atoms with E-state index in [0.29, 0.717) is 19.8 Å². The molecule has 4 nitrogen and oxygen atoms in total. The van der Waals surface area contributed by atoms with Gasteiger partial charge in [0.2, 0.25) is 0 Å². The molecule has 1 aromatic rings. The van der Waals surface area contributed by atoms with E-state index in [9.17, 15) is 4.79 Å². The summed E-state index contributed by atoms with van der Waals surface area (Å²) in [6.07, 6.45) is 4.26. The average molecular weight is 289 g/mol. The van der Waals surface area contributed by atoms with E-state index in [1.54, 1.807) is 0 Å². The lowest BCUT2D eigenvalue weighted by molar-refractivity contribution is -0.180. The van der Waals surface area contributed by atoms with Gasteiger partial charge in [-0.05, 0) is 37.0 Å². The first-order valence-corrected chi connectivity index (χ1v) is 7.96. The molecule has 1 saturated heterocycles. The zero-order chi connectivity index (χ0) is 14.9. The third-order valence-electron chi connectivity index (χ3n) is 4.19. The van der Waals surface area contributed by atoms with Crippen molar-refractivity contribution in [3.8, 4) is 0 Å². The fourth-order valence-corrected chi connectivity index (χ4v) is 3.16. The molecule has 1 fully saturated rings. The van der Waals surface area contributed by atoms with Crippen LogP contribution in [0, 0.1) is 0 Å². The highest BCUT2D eigenvalue weighted by Crippen LogP contribution is 2.46. The Morgan fingerprint density at radius 2 is 1.95 bits per heavy atom. The summed E-state index contributed by atoms with van der Waals surface area (Å²) < 4.78 is 11.5. The van der Waals surface area contributed by atoms with Crippen LogP contribution in [-0.4, -0.2) is 25.7 Å². The van der Waals surface area contributed by atoms with Gasteiger partial charge < -0.3 is 14.4 Å². The molecule has 1 aromatic carbocycles. The van der Waals surface area contributed by atoms with Crippen LogP contribution in [0.5, 0.6) is 0 Å². The number of hydrogen-bond acceptors (Lipinski definition) is 3. The van der Waals surface area contributed by atoms with Crippen LogP contribution in [0.3, 0.4) is 0 Å². The first-order chi connectivity index (χ1) is 10.2. The maximum atomic E-state index is 12.8. The first kappa shape index (κ1) is 14.5. The minimum atomic E-state index is -1.17. The predicted octanol–water partition coefficient (Wildman–Crippen LogP) is 2.99. The molecule has 0 aromatic heterocycles. The molecule has 114 valence electrons. The average Bonchev–Trinajstić information content (AvgIpc) is 3.07. The van der Waals surface area contributed by atoms with Gasteiger partial charge in [-0.15, -0.1) is 0 Å². The molecule has 4 heteroatoms. The highest BCUT2D eigenvalue weighted by Gasteiger charge is 2.55. The molecule has 0 aliphatic carbocycles. The number of amides is 1. The molecule has 3 rings (SSSR count). The fourth-order valence-electron chi connectivity index (χ4n) is 3.16. The van der Waals surface area contributed by atoms with Crippen LogP contribution in [0.25, 0.3) is 0 Å². The Morgan fingerprint density at radius 1 is 1.19 bits per heavy atom. The van der Waals surface area contributed by atoms with Gasteiger partial charge in [-0.1, -0.05) is 26.3 Å². The number of carbonyl (C=O) groups excluding carboxylic acids is 1. The molecular formula is C17H23NO3. The van der Waals surface area contributed by atoms with Crippen LogP contribution in [0.2, 0.25) is 0 Å². The van der Waals surface area contributed by atoms with Crippen LogP contribution in [-0.2, 0) is 26.5 Å². The Bertz CT molecular complexity index is 535. The monoisotopic (exact) mass is 289 g/mol. The number of fused-ring (bicyclic) bond motifs is 2. The summed E-state index contributed by atoms with van der Waals surface area (Å²) in [6.45, 7) is 5.91. The summed E-state index contributed by atoms with van der Waals surface area (Å²) in [4.78, 5) is 14.6. The van der Waals surface area contributed by atoms with Crippen molar-refractivity contribution in [3.05, 3.63) is 29.3 Å². The predicted molar refractivity (Wildman–Crippen MR) is 81.3 cm³/mol. The van der Waals surface area contributed by atoms with E-state index in [4.69, 9.17) is 9.47 Å². The Kier molecular flexibility index (Phi) is 4.00. The number of hydrogen-bond donors (Lipinski definition) is 0. The zero-order valence-electron chi connectivity index (χ0n) is 12.9. The summed E-state index contributed by atoms with van der Waals surface area (Å²) in [7, 11) is 0. The fraction of sp³-hybridized carbons (Fsp3) is 0.588. The summed E-state index contributed by atoms with van der Waals surface area (Å²) in [5, 5.41) is 0. The smallest absolute Gasteiger partial charge is 0.292 e. The lowest BCUT2D eigenvalue weighted by Gasteiger charge is -2.21. The lowest BCUT2D eigenvalue weighted by atomic mass is 10.0. The molecule has 0 radical (unpaired) electrons. The molecule has 0 N–H and O–H groups in total. The molecule has 1 spiro atoms. The molecule has 0 bridgehead atoms. The number of aryl methyl sites for hydroxylation is 1. The maximum absolute atomic E-state index is 12.8. The molecule has 2 aliphatic rings. The van der Waals surface area contributed by atoms with Gasteiger partial charge in [0.1, 0.15) is 0 Å². The van der Waals surface area contributed by atoms with E-state index in [1.807, 2.05) is 11.0 Å². The van der Waals surface area contributed by atoms with Crippen LogP contribution >= 0.6 is 0 Å². The minimum absolute atomic E-state index is 0.0653. The van der Waals surface area contributed by atoms with Crippen molar-refractivity contribution in [3.63, 3.8) is 0 Å². The summed E-state index contributed by atoms with van der Waals surface area (Å²) >= 11 is 0. The Hall–Kier alpha value is -1.39. The first-order valence-electron chi connectivity index (χ1n) is 7.96. The number of rotatable bonds is 5. The topological polar surface area (TPSA) is 38.8 Å². The molecule has 0 unspecified atom stereocenters.